The molecule has 0 bridgehead atoms. The lowest BCUT2D eigenvalue weighted by Crippen LogP contribution is -2.49. The molecule has 1 amide bonds. The summed E-state index contributed by atoms with van der Waals surface area (Å²) in [5.74, 6) is 1.02. The Morgan fingerprint density at radius 1 is 1.08 bits per heavy atom. The molecule has 1 aliphatic rings. The van der Waals surface area contributed by atoms with Gasteiger partial charge in [-0.2, -0.15) is 0 Å². The zero-order chi connectivity index (χ0) is 17.9. The van der Waals surface area contributed by atoms with Crippen LogP contribution in [-0.2, 0) is 4.79 Å². The molecule has 0 radical (unpaired) electrons. The highest BCUT2D eigenvalue weighted by molar-refractivity contribution is 6.32. The van der Waals surface area contributed by atoms with Crippen molar-refractivity contribution in [2.45, 2.75) is 32.1 Å². The van der Waals surface area contributed by atoms with Crippen molar-refractivity contribution in [3.8, 4) is 5.75 Å². The SMILES string of the molecule is NCCCCCCC(=O)N1CCN(CCOc2ccccc2Cl)CC1. The Hall–Kier alpha value is -1.30. The highest BCUT2D eigenvalue weighted by atomic mass is 35.5. The van der Waals surface area contributed by atoms with Gasteiger partial charge in [0, 0.05) is 39.1 Å². The van der Waals surface area contributed by atoms with Gasteiger partial charge in [-0.25, -0.2) is 0 Å². The standard InChI is InChI=1S/C19H30ClN3O2/c20-17-7-4-5-8-18(17)25-16-15-22-11-13-23(14-12-22)19(24)9-3-1-2-6-10-21/h4-5,7-8H,1-3,6,9-16,21H2. The van der Waals surface area contributed by atoms with Crippen LogP contribution < -0.4 is 10.5 Å². The summed E-state index contributed by atoms with van der Waals surface area (Å²) in [6, 6.07) is 7.52. The first-order valence-corrected chi connectivity index (χ1v) is 9.66. The quantitative estimate of drug-likeness (QED) is 0.646. The first-order valence-electron chi connectivity index (χ1n) is 9.28. The second-order valence-electron chi connectivity index (χ2n) is 6.45. The Morgan fingerprint density at radius 2 is 1.80 bits per heavy atom. The van der Waals surface area contributed by atoms with Crippen molar-refractivity contribution in [3.05, 3.63) is 29.3 Å². The van der Waals surface area contributed by atoms with Crippen LogP contribution in [0.1, 0.15) is 32.1 Å². The molecule has 1 fully saturated rings. The molecule has 1 saturated heterocycles. The predicted molar refractivity (Wildman–Crippen MR) is 102 cm³/mol. The molecule has 5 nitrogen and oxygen atoms in total. The van der Waals surface area contributed by atoms with Gasteiger partial charge in [-0.3, -0.25) is 9.69 Å². The molecule has 1 heterocycles. The summed E-state index contributed by atoms with van der Waals surface area (Å²) in [7, 11) is 0. The van der Waals surface area contributed by atoms with Crippen molar-refractivity contribution >= 4 is 17.5 Å². The van der Waals surface area contributed by atoms with Gasteiger partial charge in [0.2, 0.25) is 5.91 Å². The third-order valence-electron chi connectivity index (χ3n) is 4.57. The highest BCUT2D eigenvalue weighted by Crippen LogP contribution is 2.22. The molecule has 1 aromatic rings. The average Bonchev–Trinajstić information content (AvgIpc) is 2.63. The molecule has 0 saturated carbocycles. The van der Waals surface area contributed by atoms with Crippen LogP contribution in [-0.4, -0.2) is 61.6 Å². The van der Waals surface area contributed by atoms with Crippen LogP contribution in [0, 0.1) is 0 Å². The highest BCUT2D eigenvalue weighted by Gasteiger charge is 2.20. The molecule has 0 unspecified atom stereocenters. The van der Waals surface area contributed by atoms with E-state index >= 15 is 0 Å². The third-order valence-corrected chi connectivity index (χ3v) is 4.88. The number of rotatable bonds is 10. The molecule has 25 heavy (non-hydrogen) atoms. The van der Waals surface area contributed by atoms with E-state index < -0.39 is 0 Å². The lowest BCUT2D eigenvalue weighted by molar-refractivity contribution is -0.133. The molecule has 140 valence electrons. The van der Waals surface area contributed by atoms with Gasteiger partial charge in [0.15, 0.2) is 0 Å². The summed E-state index contributed by atoms with van der Waals surface area (Å²) in [5.41, 5.74) is 5.48. The number of hydrogen-bond donors (Lipinski definition) is 1. The zero-order valence-corrected chi connectivity index (χ0v) is 15.7. The summed E-state index contributed by atoms with van der Waals surface area (Å²) in [5, 5.41) is 0.643. The number of benzene rings is 1. The Kier molecular flexibility index (Phi) is 9.08. The van der Waals surface area contributed by atoms with Gasteiger partial charge in [0.1, 0.15) is 12.4 Å². The first-order chi connectivity index (χ1) is 12.2. The van der Waals surface area contributed by atoms with Gasteiger partial charge in [0.25, 0.3) is 0 Å². The Labute approximate surface area is 156 Å². The minimum atomic E-state index is 0.291. The molecule has 0 spiro atoms. The third kappa shape index (κ3) is 7.22. The van der Waals surface area contributed by atoms with Crippen molar-refractivity contribution in [2.24, 2.45) is 5.73 Å². The minimum Gasteiger partial charge on any atom is -0.491 e. The maximum absolute atomic E-state index is 12.2. The summed E-state index contributed by atoms with van der Waals surface area (Å²) >= 11 is 6.08. The van der Waals surface area contributed by atoms with E-state index in [2.05, 4.69) is 4.90 Å². The molecule has 6 heteroatoms. The largest absolute Gasteiger partial charge is 0.491 e. The smallest absolute Gasteiger partial charge is 0.222 e. The van der Waals surface area contributed by atoms with Crippen LogP contribution in [0.5, 0.6) is 5.75 Å². The van der Waals surface area contributed by atoms with Crippen LogP contribution in [0.4, 0.5) is 0 Å². The van der Waals surface area contributed by atoms with Gasteiger partial charge in [-0.05, 0) is 31.5 Å². The summed E-state index contributed by atoms with van der Waals surface area (Å²) in [6.07, 6.45) is 4.93. The van der Waals surface area contributed by atoms with E-state index in [4.69, 9.17) is 22.1 Å². The molecule has 0 aliphatic carbocycles. The fraction of sp³-hybridized carbons (Fsp3) is 0.632. The first kappa shape index (κ1) is 20.0. The number of amides is 1. The molecule has 0 aromatic heterocycles. The van der Waals surface area contributed by atoms with Crippen LogP contribution in [0.25, 0.3) is 0 Å². The molecule has 2 rings (SSSR count). The molecular formula is C19H30ClN3O2. The molecule has 0 atom stereocenters. The fourth-order valence-corrected chi connectivity index (χ4v) is 3.19. The lowest BCUT2D eigenvalue weighted by atomic mass is 10.1. The average molecular weight is 368 g/mol. The van der Waals surface area contributed by atoms with E-state index in [1.807, 2.05) is 29.2 Å². The van der Waals surface area contributed by atoms with Crippen molar-refractivity contribution in [3.63, 3.8) is 0 Å². The van der Waals surface area contributed by atoms with E-state index in [9.17, 15) is 4.79 Å². The lowest BCUT2D eigenvalue weighted by Gasteiger charge is -2.34. The monoisotopic (exact) mass is 367 g/mol. The van der Waals surface area contributed by atoms with Gasteiger partial charge in [0.05, 0.1) is 5.02 Å². The predicted octanol–water partition coefficient (Wildman–Crippen LogP) is 2.77. The number of carbonyl (C=O) groups excluding carboxylic acids is 1. The number of unbranched alkanes of at least 4 members (excludes halogenated alkanes) is 3. The number of piperazine rings is 1. The van der Waals surface area contributed by atoms with E-state index in [-0.39, 0.29) is 0 Å². The maximum Gasteiger partial charge on any atom is 0.222 e. The molecule has 1 aliphatic heterocycles. The Morgan fingerprint density at radius 3 is 2.52 bits per heavy atom. The second kappa shape index (κ2) is 11.3. The number of halogens is 1. The van der Waals surface area contributed by atoms with Gasteiger partial charge >= 0.3 is 0 Å². The summed E-state index contributed by atoms with van der Waals surface area (Å²) in [6.45, 7) is 5.65. The summed E-state index contributed by atoms with van der Waals surface area (Å²) in [4.78, 5) is 16.5. The number of nitrogens with two attached hydrogens (primary N) is 1. The number of nitrogens with zero attached hydrogens (tertiary/aromatic N) is 2. The number of para-hydroxylation sites is 1. The zero-order valence-electron chi connectivity index (χ0n) is 15.0. The summed E-state index contributed by atoms with van der Waals surface area (Å²) < 4.78 is 5.74. The van der Waals surface area contributed by atoms with Crippen molar-refractivity contribution in [2.75, 3.05) is 45.9 Å². The maximum atomic E-state index is 12.2. The van der Waals surface area contributed by atoms with Gasteiger partial charge in [-0.15, -0.1) is 0 Å². The van der Waals surface area contributed by atoms with Crippen molar-refractivity contribution < 1.29 is 9.53 Å². The van der Waals surface area contributed by atoms with E-state index in [0.29, 0.717) is 24.0 Å². The van der Waals surface area contributed by atoms with E-state index in [1.54, 1.807) is 0 Å². The van der Waals surface area contributed by atoms with Crippen LogP contribution in [0.2, 0.25) is 5.02 Å². The molecular weight excluding hydrogens is 338 g/mol. The number of ether oxygens (including phenoxy) is 1. The Balaban J connectivity index is 1.58. The number of hydrogen-bond acceptors (Lipinski definition) is 4. The molecule has 2 N–H and O–H groups in total. The number of carbonyl (C=O) groups is 1. The minimum absolute atomic E-state index is 0.291. The van der Waals surface area contributed by atoms with Crippen molar-refractivity contribution in [1.29, 1.82) is 0 Å². The second-order valence-corrected chi connectivity index (χ2v) is 6.86. The van der Waals surface area contributed by atoms with Gasteiger partial charge < -0.3 is 15.4 Å². The van der Waals surface area contributed by atoms with Gasteiger partial charge in [-0.1, -0.05) is 36.6 Å². The van der Waals surface area contributed by atoms with Crippen LogP contribution >= 0.6 is 11.6 Å². The van der Waals surface area contributed by atoms with E-state index in [0.717, 1.165) is 70.7 Å². The Bertz CT molecular complexity index is 519. The fourth-order valence-electron chi connectivity index (χ4n) is 3.00. The topological polar surface area (TPSA) is 58.8 Å². The van der Waals surface area contributed by atoms with Crippen LogP contribution in [0.3, 0.4) is 0 Å². The van der Waals surface area contributed by atoms with Crippen molar-refractivity contribution in [1.82, 2.24) is 9.80 Å². The van der Waals surface area contributed by atoms with E-state index in [1.165, 1.54) is 0 Å². The normalized spacial score (nSPS) is 15.4. The van der Waals surface area contributed by atoms with Crippen LogP contribution in [0.15, 0.2) is 24.3 Å². The molecule has 1 aromatic carbocycles.